The fourth-order valence-electron chi connectivity index (χ4n) is 4.97. The monoisotopic (exact) mass is 429 g/mol. The lowest BCUT2D eigenvalue weighted by Crippen LogP contribution is -2.48. The molecular formula is C25H39NO3Si. The molecule has 30 heavy (non-hydrogen) atoms. The van der Waals surface area contributed by atoms with Gasteiger partial charge in [-0.05, 0) is 56.3 Å². The molecule has 0 aliphatic heterocycles. The van der Waals surface area contributed by atoms with Crippen LogP contribution in [0.2, 0.25) is 19.6 Å². The summed E-state index contributed by atoms with van der Waals surface area (Å²) in [5.74, 6) is 1.40. The second-order valence-electron chi connectivity index (χ2n) is 10.3. The van der Waals surface area contributed by atoms with Gasteiger partial charge in [-0.15, -0.1) is 0 Å². The van der Waals surface area contributed by atoms with Gasteiger partial charge < -0.3 is 14.1 Å². The molecule has 166 valence electrons. The van der Waals surface area contributed by atoms with Crippen molar-refractivity contribution in [2.75, 3.05) is 14.1 Å². The Balaban J connectivity index is 1.79. The lowest BCUT2D eigenvalue weighted by atomic mass is 9.64. The zero-order valence-electron chi connectivity index (χ0n) is 19.6. The molecule has 1 amide bonds. The van der Waals surface area contributed by atoms with E-state index in [1.807, 2.05) is 20.2 Å². The Morgan fingerprint density at radius 3 is 2.50 bits per heavy atom. The summed E-state index contributed by atoms with van der Waals surface area (Å²) in [6.45, 7) is 9.72. The number of benzene rings is 1. The fourth-order valence-corrected chi connectivity index (χ4v) is 6.12. The third kappa shape index (κ3) is 6.05. The molecule has 1 aromatic rings. The van der Waals surface area contributed by atoms with Crippen LogP contribution in [0.1, 0.15) is 38.2 Å². The number of ether oxygens (including phenoxy) is 1. The number of fused-ring (bicyclic) bond motifs is 1. The summed E-state index contributed by atoms with van der Waals surface area (Å²) >= 11 is 0. The summed E-state index contributed by atoms with van der Waals surface area (Å²) < 4.78 is 13.1. The average Bonchev–Trinajstić information content (AvgIpc) is 2.68. The number of hydrogen-bond donors (Lipinski definition) is 0. The summed E-state index contributed by atoms with van der Waals surface area (Å²) in [5.41, 5.74) is 2.67. The quantitative estimate of drug-likeness (QED) is 0.438. The van der Waals surface area contributed by atoms with Gasteiger partial charge in [0.15, 0.2) is 8.32 Å². The van der Waals surface area contributed by atoms with Crippen molar-refractivity contribution in [3.63, 3.8) is 0 Å². The minimum Gasteiger partial charge on any atom is -0.414 e. The van der Waals surface area contributed by atoms with Crippen molar-refractivity contribution in [1.82, 2.24) is 4.90 Å². The fraction of sp³-hybridized carbons (Fsp3) is 0.640. The average molecular weight is 430 g/mol. The van der Waals surface area contributed by atoms with Gasteiger partial charge in [0.1, 0.15) is 0 Å². The first-order valence-electron chi connectivity index (χ1n) is 11.4. The molecule has 4 nitrogen and oxygen atoms in total. The molecule has 0 saturated heterocycles. The van der Waals surface area contributed by atoms with Crippen molar-refractivity contribution in [2.24, 2.45) is 17.8 Å². The van der Waals surface area contributed by atoms with Gasteiger partial charge in [0.05, 0.1) is 18.8 Å². The zero-order valence-corrected chi connectivity index (χ0v) is 20.6. The predicted octanol–water partition coefficient (Wildman–Crippen LogP) is 5.26. The standard InChI is InChI=1S/C25H39NO3Si/c1-18-12-13-20-14-21(28-17-19-10-8-7-9-11-19)15-23(29-30(4,5)6)25(20)22(18)16-24(27)26(2)3/h7-11,13,18,21-23,25H,12,14-17H2,1-6H3/t18-,21+,22-,23-,25-/m0/s1. The maximum Gasteiger partial charge on any atom is 0.222 e. The number of nitrogens with zero attached hydrogens (tertiary/aromatic N) is 1. The van der Waals surface area contributed by atoms with Crippen LogP contribution in [0, 0.1) is 17.8 Å². The van der Waals surface area contributed by atoms with E-state index in [0.717, 1.165) is 19.3 Å². The first kappa shape index (κ1) is 23.2. The molecule has 0 aromatic heterocycles. The summed E-state index contributed by atoms with van der Waals surface area (Å²) in [6, 6.07) is 10.4. The highest BCUT2D eigenvalue weighted by atomic mass is 28.4. The molecule has 0 spiro atoms. The first-order valence-corrected chi connectivity index (χ1v) is 14.8. The highest BCUT2D eigenvalue weighted by Crippen LogP contribution is 2.47. The van der Waals surface area contributed by atoms with Crippen LogP contribution in [0.25, 0.3) is 0 Å². The van der Waals surface area contributed by atoms with Gasteiger partial charge in [-0.3, -0.25) is 4.79 Å². The van der Waals surface area contributed by atoms with Crippen LogP contribution in [-0.2, 0) is 20.6 Å². The molecule has 3 rings (SSSR count). The van der Waals surface area contributed by atoms with Crippen LogP contribution in [0.3, 0.4) is 0 Å². The number of carbonyl (C=O) groups is 1. The third-order valence-electron chi connectivity index (χ3n) is 6.47. The number of carbonyl (C=O) groups excluding carboxylic acids is 1. The number of hydrogen-bond acceptors (Lipinski definition) is 3. The lowest BCUT2D eigenvalue weighted by molar-refractivity contribution is -0.131. The Labute approximate surface area is 183 Å². The number of rotatable bonds is 7. The van der Waals surface area contributed by atoms with E-state index in [9.17, 15) is 4.79 Å². The SMILES string of the molecule is C[C@H]1CC=C2C[C@@H](OCc3ccccc3)C[C@H](O[Si](C)(C)C)[C@@H]2[C@H]1CC(=O)N(C)C. The number of amides is 1. The van der Waals surface area contributed by atoms with Crippen molar-refractivity contribution in [2.45, 2.75) is 71.1 Å². The molecule has 2 aliphatic rings. The van der Waals surface area contributed by atoms with Gasteiger partial charge in [-0.2, -0.15) is 0 Å². The van der Waals surface area contributed by atoms with Crippen molar-refractivity contribution in [3.8, 4) is 0 Å². The van der Waals surface area contributed by atoms with Crippen LogP contribution in [-0.4, -0.2) is 45.4 Å². The van der Waals surface area contributed by atoms with E-state index in [1.165, 1.54) is 11.1 Å². The van der Waals surface area contributed by atoms with Crippen molar-refractivity contribution >= 4 is 14.2 Å². The number of allylic oxidation sites excluding steroid dienone is 1. The van der Waals surface area contributed by atoms with Crippen LogP contribution in [0.15, 0.2) is 42.0 Å². The molecule has 1 saturated carbocycles. The van der Waals surface area contributed by atoms with E-state index in [1.54, 1.807) is 4.90 Å². The largest absolute Gasteiger partial charge is 0.414 e. The van der Waals surface area contributed by atoms with Gasteiger partial charge in [-0.25, -0.2) is 0 Å². The van der Waals surface area contributed by atoms with Crippen molar-refractivity contribution in [1.29, 1.82) is 0 Å². The predicted molar refractivity (Wildman–Crippen MR) is 125 cm³/mol. The van der Waals surface area contributed by atoms with E-state index < -0.39 is 8.32 Å². The minimum atomic E-state index is -1.73. The van der Waals surface area contributed by atoms with Crippen LogP contribution in [0.5, 0.6) is 0 Å². The zero-order chi connectivity index (χ0) is 21.9. The van der Waals surface area contributed by atoms with E-state index in [0.29, 0.717) is 30.8 Å². The van der Waals surface area contributed by atoms with Crippen molar-refractivity contribution < 1.29 is 14.0 Å². The van der Waals surface area contributed by atoms with Gasteiger partial charge in [0, 0.05) is 26.4 Å². The smallest absolute Gasteiger partial charge is 0.222 e. The topological polar surface area (TPSA) is 38.8 Å². The molecular weight excluding hydrogens is 390 g/mol. The molecule has 1 fully saturated rings. The first-order chi connectivity index (χ1) is 14.1. The Bertz CT molecular complexity index is 741. The van der Waals surface area contributed by atoms with E-state index >= 15 is 0 Å². The van der Waals surface area contributed by atoms with E-state index in [-0.39, 0.29) is 18.1 Å². The normalized spacial score (nSPS) is 29.1. The molecule has 5 heteroatoms. The summed E-state index contributed by atoms with van der Waals surface area (Å²) in [7, 11) is 1.99. The highest BCUT2D eigenvalue weighted by molar-refractivity contribution is 6.69. The van der Waals surface area contributed by atoms with E-state index in [2.05, 4.69) is 56.9 Å². The Hall–Kier alpha value is -1.43. The summed E-state index contributed by atoms with van der Waals surface area (Å²) in [5, 5.41) is 0. The maximum atomic E-state index is 12.6. The Morgan fingerprint density at radius 2 is 1.87 bits per heavy atom. The molecule has 0 bridgehead atoms. The van der Waals surface area contributed by atoms with Gasteiger partial charge >= 0.3 is 0 Å². The second-order valence-corrected chi connectivity index (χ2v) is 14.8. The molecule has 0 radical (unpaired) electrons. The van der Waals surface area contributed by atoms with Crippen LogP contribution < -0.4 is 0 Å². The molecule has 1 aromatic carbocycles. The Kier molecular flexibility index (Phi) is 7.59. The maximum absolute atomic E-state index is 12.6. The van der Waals surface area contributed by atoms with Gasteiger partial charge in [-0.1, -0.05) is 48.9 Å². The Morgan fingerprint density at radius 1 is 1.17 bits per heavy atom. The summed E-state index contributed by atoms with van der Waals surface area (Å²) in [4.78, 5) is 14.3. The van der Waals surface area contributed by atoms with Crippen molar-refractivity contribution in [3.05, 3.63) is 47.5 Å². The van der Waals surface area contributed by atoms with Crippen LogP contribution in [0.4, 0.5) is 0 Å². The molecule has 0 N–H and O–H groups in total. The lowest BCUT2D eigenvalue weighted by Gasteiger charge is -2.48. The van der Waals surface area contributed by atoms with Gasteiger partial charge in [0.25, 0.3) is 0 Å². The molecule has 0 heterocycles. The van der Waals surface area contributed by atoms with Crippen LogP contribution >= 0.6 is 0 Å². The van der Waals surface area contributed by atoms with E-state index in [4.69, 9.17) is 9.16 Å². The highest BCUT2D eigenvalue weighted by Gasteiger charge is 2.45. The molecule has 0 unspecified atom stereocenters. The summed E-state index contributed by atoms with van der Waals surface area (Å²) in [6.07, 6.45) is 6.26. The minimum absolute atomic E-state index is 0.139. The molecule has 5 atom stereocenters. The third-order valence-corrected chi connectivity index (χ3v) is 7.48. The molecule has 2 aliphatic carbocycles. The second kappa shape index (κ2) is 9.80. The van der Waals surface area contributed by atoms with Gasteiger partial charge in [0.2, 0.25) is 5.91 Å².